The molecule has 1 aromatic carbocycles. The second kappa shape index (κ2) is 7.79. The van der Waals surface area contributed by atoms with Crippen molar-refractivity contribution in [3.05, 3.63) is 45.5 Å². The topological polar surface area (TPSA) is 115 Å². The van der Waals surface area contributed by atoms with Crippen LogP contribution < -0.4 is 11.1 Å². The monoisotopic (exact) mass is 381 g/mol. The van der Waals surface area contributed by atoms with Crippen molar-refractivity contribution in [2.24, 2.45) is 0 Å². The van der Waals surface area contributed by atoms with E-state index in [1.165, 1.54) is 18.2 Å². The number of carbonyl (C=O) groups excluding carboxylic acids is 2. The van der Waals surface area contributed by atoms with Crippen molar-refractivity contribution in [1.29, 1.82) is 0 Å². The zero-order valence-electron chi connectivity index (χ0n) is 14.6. The Kier molecular flexibility index (Phi) is 5.94. The van der Waals surface area contributed by atoms with Crippen LogP contribution in [0.5, 0.6) is 0 Å². The fraction of sp³-hybridized carbons (Fsp3) is 0.353. The smallest absolute Gasteiger partial charge is 0.368 e. The molecule has 1 unspecified atom stereocenters. The number of benzene rings is 1. The summed E-state index contributed by atoms with van der Waals surface area (Å²) in [6.45, 7) is 5.15. The van der Waals surface area contributed by atoms with Crippen molar-refractivity contribution in [3.8, 4) is 0 Å². The Bertz CT molecular complexity index is 817. The van der Waals surface area contributed by atoms with Crippen LogP contribution in [-0.4, -0.2) is 27.6 Å². The molecule has 2 aromatic rings. The minimum Gasteiger partial charge on any atom is -0.455 e. The highest BCUT2D eigenvalue weighted by atomic mass is 32.1. The number of hydrogen-bond acceptors (Lipinski definition) is 7. The van der Waals surface area contributed by atoms with Gasteiger partial charge in [-0.05, 0) is 38.5 Å². The molecular weight excluding hydrogens is 361 g/mol. The van der Waals surface area contributed by atoms with Gasteiger partial charge < -0.3 is 20.9 Å². The number of nitrogens with two attached hydrogens (primary N) is 1. The quantitative estimate of drug-likeness (QED) is 0.684. The van der Waals surface area contributed by atoms with Gasteiger partial charge in [0, 0.05) is 6.54 Å². The van der Waals surface area contributed by atoms with Crippen LogP contribution in [0.15, 0.2) is 24.3 Å². The molecule has 0 aliphatic heterocycles. The second-order valence-corrected chi connectivity index (χ2v) is 7.55. The lowest BCUT2D eigenvalue weighted by Gasteiger charge is -2.18. The van der Waals surface area contributed by atoms with Crippen LogP contribution in [0.2, 0.25) is 0 Å². The first-order valence-electron chi connectivity index (χ1n) is 7.76. The van der Waals surface area contributed by atoms with E-state index in [2.05, 4.69) is 10.3 Å². The lowest BCUT2D eigenvalue weighted by atomic mass is 10.2. The number of halogens is 1. The Morgan fingerprint density at radius 3 is 2.73 bits per heavy atom. The van der Waals surface area contributed by atoms with E-state index in [-0.39, 0.29) is 22.2 Å². The van der Waals surface area contributed by atoms with Crippen molar-refractivity contribution in [1.82, 2.24) is 10.3 Å². The summed E-state index contributed by atoms with van der Waals surface area (Å²) in [5, 5.41) is 12.6. The van der Waals surface area contributed by atoms with Crippen LogP contribution in [0.1, 0.15) is 47.1 Å². The van der Waals surface area contributed by atoms with Gasteiger partial charge >= 0.3 is 5.97 Å². The third-order valence-electron chi connectivity index (χ3n) is 3.11. The van der Waals surface area contributed by atoms with Crippen LogP contribution in [0.3, 0.4) is 0 Å². The predicted molar refractivity (Wildman–Crippen MR) is 94.9 cm³/mol. The fourth-order valence-electron chi connectivity index (χ4n) is 2.00. The number of nitrogens with one attached hydrogen (secondary N) is 1. The first-order chi connectivity index (χ1) is 12.1. The molecule has 0 spiro atoms. The van der Waals surface area contributed by atoms with Crippen molar-refractivity contribution in [2.45, 2.75) is 39.0 Å². The molecule has 7 nitrogen and oxygen atoms in total. The van der Waals surface area contributed by atoms with Gasteiger partial charge in [-0.3, -0.25) is 4.79 Å². The predicted octanol–water partition coefficient (Wildman–Crippen LogP) is 2.17. The molecule has 0 radical (unpaired) electrons. The number of carbonyl (C=O) groups is 2. The number of aliphatic hydroxyl groups excluding tert-OH is 1. The summed E-state index contributed by atoms with van der Waals surface area (Å²) < 4.78 is 18.3. The van der Waals surface area contributed by atoms with Crippen LogP contribution in [0.25, 0.3) is 0 Å². The Hall–Kier alpha value is -2.52. The van der Waals surface area contributed by atoms with Crippen LogP contribution in [-0.2, 0) is 16.1 Å². The number of aliphatic hydroxyl groups is 1. The van der Waals surface area contributed by atoms with Gasteiger partial charge in [0.2, 0.25) is 5.01 Å². The zero-order chi connectivity index (χ0) is 19.5. The maximum absolute atomic E-state index is 13.1. The Balaban J connectivity index is 2.05. The molecule has 26 heavy (non-hydrogen) atoms. The lowest BCUT2D eigenvalue weighted by Crippen LogP contribution is -2.28. The zero-order valence-corrected chi connectivity index (χ0v) is 15.4. The summed E-state index contributed by atoms with van der Waals surface area (Å²) in [6, 6.07) is 5.71. The van der Waals surface area contributed by atoms with E-state index in [0.29, 0.717) is 5.56 Å². The van der Waals surface area contributed by atoms with Crippen LogP contribution in [0.4, 0.5) is 10.2 Å². The molecule has 2 rings (SSSR count). The number of esters is 1. The van der Waals surface area contributed by atoms with Crippen molar-refractivity contribution < 1.29 is 23.8 Å². The second-order valence-electron chi connectivity index (χ2n) is 6.52. The standard InChI is InChI=1S/C17H20FN3O4S/c1-17(2,3)25-16(24)15-21-13(19)12(26-15)11(22)14(23)20-8-9-5-4-6-10(18)7-9/h4-7,11,22H,8,19H2,1-3H3,(H,20,23). The molecule has 1 amide bonds. The van der Waals surface area contributed by atoms with Gasteiger partial charge in [-0.2, -0.15) is 0 Å². The van der Waals surface area contributed by atoms with Gasteiger partial charge in [0.25, 0.3) is 5.91 Å². The van der Waals surface area contributed by atoms with Gasteiger partial charge in [0.05, 0.1) is 4.88 Å². The SMILES string of the molecule is CC(C)(C)OC(=O)c1nc(N)c(C(O)C(=O)NCc2cccc(F)c2)s1. The molecule has 1 atom stereocenters. The number of aromatic nitrogens is 1. The molecule has 1 aromatic heterocycles. The first-order valence-corrected chi connectivity index (χ1v) is 8.58. The van der Waals surface area contributed by atoms with Gasteiger partial charge in [-0.1, -0.05) is 12.1 Å². The molecule has 0 bridgehead atoms. The van der Waals surface area contributed by atoms with Crippen LogP contribution >= 0.6 is 11.3 Å². The molecule has 0 fully saturated rings. The van der Waals surface area contributed by atoms with E-state index >= 15 is 0 Å². The number of nitrogens with zero attached hydrogens (tertiary/aromatic N) is 1. The lowest BCUT2D eigenvalue weighted by molar-refractivity contribution is -0.129. The van der Waals surface area contributed by atoms with Gasteiger partial charge in [0.1, 0.15) is 17.2 Å². The number of anilines is 1. The summed E-state index contributed by atoms with van der Waals surface area (Å²) in [6.07, 6.45) is -1.60. The van der Waals surface area contributed by atoms with Gasteiger partial charge in [0.15, 0.2) is 6.10 Å². The fourth-order valence-corrected chi connectivity index (χ4v) is 2.85. The minimum atomic E-state index is -1.60. The average Bonchev–Trinajstić information content (AvgIpc) is 2.92. The largest absolute Gasteiger partial charge is 0.455 e. The summed E-state index contributed by atoms with van der Waals surface area (Å²) in [7, 11) is 0. The summed E-state index contributed by atoms with van der Waals surface area (Å²) in [5.74, 6) is -1.97. The van der Waals surface area contributed by atoms with Gasteiger partial charge in [-0.15, -0.1) is 11.3 Å². The number of thiazole rings is 1. The van der Waals surface area contributed by atoms with E-state index in [1.807, 2.05) is 0 Å². The number of hydrogen-bond donors (Lipinski definition) is 3. The van der Waals surface area contributed by atoms with Gasteiger partial charge in [-0.25, -0.2) is 14.2 Å². The number of amides is 1. The average molecular weight is 381 g/mol. The highest BCUT2D eigenvalue weighted by molar-refractivity contribution is 7.14. The van der Waals surface area contributed by atoms with Crippen molar-refractivity contribution in [2.75, 3.05) is 5.73 Å². The highest BCUT2D eigenvalue weighted by Crippen LogP contribution is 2.29. The van der Waals surface area contributed by atoms with E-state index in [1.54, 1.807) is 26.8 Å². The molecule has 4 N–H and O–H groups in total. The minimum absolute atomic E-state index is 0.0330. The highest BCUT2D eigenvalue weighted by Gasteiger charge is 2.27. The van der Waals surface area contributed by atoms with Crippen molar-refractivity contribution >= 4 is 29.0 Å². The molecule has 0 saturated heterocycles. The molecule has 140 valence electrons. The molecule has 0 saturated carbocycles. The number of rotatable bonds is 5. The maximum atomic E-state index is 13.1. The van der Waals surface area contributed by atoms with E-state index < -0.39 is 29.4 Å². The van der Waals surface area contributed by atoms with Crippen molar-refractivity contribution in [3.63, 3.8) is 0 Å². The maximum Gasteiger partial charge on any atom is 0.368 e. The third-order valence-corrected chi connectivity index (χ3v) is 4.21. The first kappa shape index (κ1) is 19.8. The Morgan fingerprint density at radius 1 is 1.42 bits per heavy atom. The van der Waals surface area contributed by atoms with Crippen LogP contribution in [0, 0.1) is 5.82 Å². The van der Waals surface area contributed by atoms with E-state index in [0.717, 1.165) is 11.3 Å². The third kappa shape index (κ3) is 5.24. The molecule has 9 heteroatoms. The number of nitrogen functional groups attached to an aromatic ring is 1. The molecule has 0 aliphatic rings. The summed E-state index contributed by atoms with van der Waals surface area (Å²) in [4.78, 5) is 28.0. The summed E-state index contributed by atoms with van der Waals surface area (Å²) in [5.41, 5.74) is 5.54. The number of ether oxygens (including phenoxy) is 1. The van der Waals surface area contributed by atoms with E-state index in [4.69, 9.17) is 10.5 Å². The molecular formula is C17H20FN3O4S. The molecule has 1 heterocycles. The molecule has 0 aliphatic carbocycles. The Labute approximate surface area is 154 Å². The summed E-state index contributed by atoms with van der Waals surface area (Å²) >= 11 is 0.787. The van der Waals surface area contributed by atoms with E-state index in [9.17, 15) is 19.1 Å². The Morgan fingerprint density at radius 2 is 2.12 bits per heavy atom. The normalized spacial score (nSPS) is 12.5.